The van der Waals surface area contributed by atoms with Gasteiger partial charge in [0.1, 0.15) is 5.78 Å². The van der Waals surface area contributed by atoms with Crippen LogP contribution in [-0.2, 0) is 4.79 Å². The van der Waals surface area contributed by atoms with Gasteiger partial charge in [0.25, 0.3) is 0 Å². The van der Waals surface area contributed by atoms with Crippen LogP contribution in [0.4, 0.5) is 0 Å². The molecule has 0 atom stereocenters. The van der Waals surface area contributed by atoms with Crippen molar-refractivity contribution in [3.05, 3.63) is 0 Å². The monoisotopic (exact) mass is 210 g/mol. The molecule has 1 fully saturated rings. The number of hydrogen-bond acceptors (Lipinski definition) is 1. The van der Waals surface area contributed by atoms with Gasteiger partial charge in [-0.3, -0.25) is 4.79 Å². The van der Waals surface area contributed by atoms with Gasteiger partial charge in [0.2, 0.25) is 0 Å². The lowest BCUT2D eigenvalue weighted by Gasteiger charge is -2.19. The molecule has 1 aliphatic rings. The lowest BCUT2D eigenvalue weighted by molar-refractivity contribution is -0.126. The van der Waals surface area contributed by atoms with Crippen molar-refractivity contribution in [3.8, 4) is 0 Å². The van der Waals surface area contributed by atoms with E-state index in [9.17, 15) is 4.79 Å². The first-order valence-corrected chi connectivity index (χ1v) is 6.53. The van der Waals surface area contributed by atoms with E-state index in [0.717, 1.165) is 18.8 Å². The average Bonchev–Trinajstić information content (AvgIpc) is 2.40. The first-order chi connectivity index (χ1) is 7.00. The molecule has 1 nitrogen and oxygen atoms in total. The normalized spacial score (nSPS) is 19.9. The van der Waals surface area contributed by atoms with Crippen LogP contribution in [0.25, 0.3) is 0 Å². The van der Waals surface area contributed by atoms with Crippen LogP contribution in [-0.4, -0.2) is 5.78 Å². The molecule has 0 aromatic rings. The van der Waals surface area contributed by atoms with Crippen molar-refractivity contribution in [1.29, 1.82) is 0 Å². The molecule has 0 spiro atoms. The maximum atomic E-state index is 11.8. The van der Waals surface area contributed by atoms with Gasteiger partial charge in [-0.05, 0) is 12.3 Å². The topological polar surface area (TPSA) is 17.1 Å². The number of carbonyl (C=O) groups excluding carboxylic acids is 1. The van der Waals surface area contributed by atoms with Gasteiger partial charge in [0.05, 0.1) is 0 Å². The Morgan fingerprint density at radius 3 is 2.07 bits per heavy atom. The second-order valence-electron chi connectivity index (χ2n) is 6.07. The van der Waals surface area contributed by atoms with Gasteiger partial charge in [-0.25, -0.2) is 0 Å². The van der Waals surface area contributed by atoms with Crippen molar-refractivity contribution in [1.82, 2.24) is 0 Å². The molecule has 0 saturated heterocycles. The van der Waals surface area contributed by atoms with E-state index < -0.39 is 0 Å². The van der Waals surface area contributed by atoms with Crippen LogP contribution >= 0.6 is 0 Å². The van der Waals surface area contributed by atoms with E-state index in [-0.39, 0.29) is 5.41 Å². The standard InChI is InChI=1S/C14H26O/c1-14(2,3)13(15)11-10-12-8-6-4-5-7-9-12/h12H,4-11H2,1-3H3. The van der Waals surface area contributed by atoms with Gasteiger partial charge < -0.3 is 0 Å². The summed E-state index contributed by atoms with van der Waals surface area (Å²) in [5.41, 5.74) is -0.134. The first-order valence-electron chi connectivity index (χ1n) is 6.53. The lowest BCUT2D eigenvalue weighted by Crippen LogP contribution is -2.20. The molecular formula is C14H26O. The minimum absolute atomic E-state index is 0.134. The van der Waals surface area contributed by atoms with Crippen LogP contribution < -0.4 is 0 Å². The zero-order valence-corrected chi connectivity index (χ0v) is 10.6. The zero-order chi connectivity index (χ0) is 11.3. The smallest absolute Gasteiger partial charge is 0.138 e. The largest absolute Gasteiger partial charge is 0.299 e. The summed E-state index contributed by atoms with van der Waals surface area (Å²) in [6, 6.07) is 0. The van der Waals surface area contributed by atoms with Gasteiger partial charge in [-0.15, -0.1) is 0 Å². The number of hydrogen-bond donors (Lipinski definition) is 0. The Morgan fingerprint density at radius 1 is 1.07 bits per heavy atom. The van der Waals surface area contributed by atoms with Crippen molar-refractivity contribution < 1.29 is 4.79 Å². The van der Waals surface area contributed by atoms with Gasteiger partial charge in [0.15, 0.2) is 0 Å². The fraction of sp³-hybridized carbons (Fsp3) is 0.929. The summed E-state index contributed by atoms with van der Waals surface area (Å²) in [5.74, 6) is 1.27. The van der Waals surface area contributed by atoms with Gasteiger partial charge in [0, 0.05) is 11.8 Å². The molecule has 0 N–H and O–H groups in total. The summed E-state index contributed by atoms with van der Waals surface area (Å²) < 4.78 is 0. The summed E-state index contributed by atoms with van der Waals surface area (Å²) in [5, 5.41) is 0. The van der Waals surface area contributed by atoms with Crippen LogP contribution in [0.15, 0.2) is 0 Å². The van der Waals surface area contributed by atoms with E-state index in [1.54, 1.807) is 0 Å². The average molecular weight is 210 g/mol. The van der Waals surface area contributed by atoms with Crippen LogP contribution in [0, 0.1) is 11.3 Å². The van der Waals surface area contributed by atoms with E-state index in [2.05, 4.69) is 0 Å². The second-order valence-corrected chi connectivity index (χ2v) is 6.07. The molecule has 0 aliphatic heterocycles. The summed E-state index contributed by atoms with van der Waals surface area (Å²) in [6.45, 7) is 6.09. The van der Waals surface area contributed by atoms with Crippen LogP contribution in [0.3, 0.4) is 0 Å². The van der Waals surface area contributed by atoms with Gasteiger partial charge >= 0.3 is 0 Å². The highest BCUT2D eigenvalue weighted by Crippen LogP contribution is 2.28. The van der Waals surface area contributed by atoms with Crippen molar-refractivity contribution in [2.75, 3.05) is 0 Å². The van der Waals surface area contributed by atoms with Gasteiger partial charge in [-0.1, -0.05) is 59.3 Å². The molecule has 1 heteroatoms. The Labute approximate surface area is 94.6 Å². The quantitative estimate of drug-likeness (QED) is 0.633. The van der Waals surface area contributed by atoms with Crippen LogP contribution in [0.1, 0.15) is 72.1 Å². The Bertz CT molecular complexity index is 192. The summed E-state index contributed by atoms with van der Waals surface area (Å²) in [6.07, 6.45) is 10.2. The number of Topliss-reactive ketones (excluding diaryl/α,β-unsaturated/α-hetero) is 1. The van der Waals surface area contributed by atoms with E-state index in [0.29, 0.717) is 5.78 Å². The van der Waals surface area contributed by atoms with Crippen molar-refractivity contribution in [2.45, 2.75) is 72.1 Å². The molecule has 0 radical (unpaired) electrons. The molecule has 0 amide bonds. The molecule has 1 rings (SSSR count). The maximum absolute atomic E-state index is 11.8. The molecule has 88 valence electrons. The fourth-order valence-corrected chi connectivity index (χ4v) is 2.36. The highest BCUT2D eigenvalue weighted by atomic mass is 16.1. The first kappa shape index (κ1) is 12.7. The second kappa shape index (κ2) is 5.67. The molecule has 0 unspecified atom stereocenters. The Kier molecular flexibility index (Phi) is 4.82. The Hall–Kier alpha value is -0.330. The van der Waals surface area contributed by atoms with Crippen molar-refractivity contribution in [3.63, 3.8) is 0 Å². The number of carbonyl (C=O) groups is 1. The summed E-state index contributed by atoms with van der Waals surface area (Å²) >= 11 is 0. The minimum atomic E-state index is -0.134. The molecule has 15 heavy (non-hydrogen) atoms. The predicted molar refractivity (Wildman–Crippen MR) is 64.9 cm³/mol. The Morgan fingerprint density at radius 2 is 1.60 bits per heavy atom. The van der Waals surface area contributed by atoms with Gasteiger partial charge in [-0.2, -0.15) is 0 Å². The third-order valence-corrected chi connectivity index (χ3v) is 3.59. The molecule has 0 heterocycles. The maximum Gasteiger partial charge on any atom is 0.138 e. The highest BCUT2D eigenvalue weighted by Gasteiger charge is 2.22. The SMILES string of the molecule is CC(C)(C)C(=O)CCC1CCCCCC1. The fourth-order valence-electron chi connectivity index (χ4n) is 2.36. The number of ketones is 1. The molecule has 0 bridgehead atoms. The zero-order valence-electron chi connectivity index (χ0n) is 10.6. The lowest BCUT2D eigenvalue weighted by atomic mass is 9.85. The summed E-state index contributed by atoms with van der Waals surface area (Å²) in [4.78, 5) is 11.8. The van der Waals surface area contributed by atoms with Crippen LogP contribution in [0.2, 0.25) is 0 Å². The molecule has 0 aromatic carbocycles. The highest BCUT2D eigenvalue weighted by molar-refractivity contribution is 5.83. The van der Waals surface area contributed by atoms with E-state index in [1.165, 1.54) is 38.5 Å². The molecular weight excluding hydrogens is 184 g/mol. The van der Waals surface area contributed by atoms with E-state index in [4.69, 9.17) is 0 Å². The predicted octanol–water partition coefficient (Wildman–Crippen LogP) is 4.35. The van der Waals surface area contributed by atoms with Crippen molar-refractivity contribution >= 4 is 5.78 Å². The van der Waals surface area contributed by atoms with E-state index >= 15 is 0 Å². The summed E-state index contributed by atoms with van der Waals surface area (Å²) in [7, 11) is 0. The molecule has 1 aliphatic carbocycles. The Balaban J connectivity index is 2.26. The van der Waals surface area contributed by atoms with E-state index in [1.807, 2.05) is 20.8 Å². The van der Waals surface area contributed by atoms with Crippen molar-refractivity contribution in [2.24, 2.45) is 11.3 Å². The number of rotatable bonds is 3. The molecule has 0 aromatic heterocycles. The molecule has 1 saturated carbocycles. The third kappa shape index (κ3) is 4.81. The minimum Gasteiger partial charge on any atom is -0.299 e. The third-order valence-electron chi connectivity index (χ3n) is 3.59. The van der Waals surface area contributed by atoms with Crippen LogP contribution in [0.5, 0.6) is 0 Å².